The lowest BCUT2D eigenvalue weighted by molar-refractivity contribution is 0.0215. The zero-order valence-corrected chi connectivity index (χ0v) is 6.16. The molecule has 0 aliphatic carbocycles. The molecule has 0 bridgehead atoms. The zero-order valence-electron chi connectivity index (χ0n) is 6.16. The highest BCUT2D eigenvalue weighted by Crippen LogP contribution is 2.10. The van der Waals surface area contributed by atoms with Crippen LogP contribution in [0.15, 0.2) is 0 Å². The summed E-state index contributed by atoms with van der Waals surface area (Å²) in [6.45, 7) is 1.88. The van der Waals surface area contributed by atoms with Gasteiger partial charge in [-0.15, -0.1) is 0 Å². The van der Waals surface area contributed by atoms with Crippen LogP contribution >= 0.6 is 0 Å². The van der Waals surface area contributed by atoms with E-state index >= 15 is 0 Å². The fraction of sp³-hybridized carbons (Fsp3) is 1.00. The molecule has 0 saturated carbocycles. The first-order chi connectivity index (χ1) is 4.77. The first-order valence-electron chi connectivity index (χ1n) is 3.41. The molecule has 4 heteroatoms. The maximum absolute atomic E-state index is 9.27. The van der Waals surface area contributed by atoms with Crippen molar-refractivity contribution in [2.24, 2.45) is 5.73 Å². The smallest absolute Gasteiger partial charge is 0.0969 e. The van der Waals surface area contributed by atoms with E-state index in [1.807, 2.05) is 4.90 Å². The lowest BCUT2D eigenvalue weighted by atomic mass is 10.3. The van der Waals surface area contributed by atoms with E-state index in [0.717, 1.165) is 6.54 Å². The standard InChI is InChI=1S/C6H14N2O2/c1-10-6-3-8(4-7)2-5(6)9/h5-6,9H,2-4,7H2,1H3/t5-,6+/m0/s1. The van der Waals surface area contributed by atoms with E-state index in [0.29, 0.717) is 13.2 Å². The zero-order chi connectivity index (χ0) is 7.56. The van der Waals surface area contributed by atoms with Crippen molar-refractivity contribution >= 4 is 0 Å². The minimum absolute atomic E-state index is 0.0523. The first-order valence-corrected chi connectivity index (χ1v) is 3.41. The van der Waals surface area contributed by atoms with E-state index in [2.05, 4.69) is 0 Å². The third-order valence-corrected chi connectivity index (χ3v) is 1.87. The Morgan fingerprint density at radius 3 is 2.70 bits per heavy atom. The number of β-amino-alcohol motifs (C(OH)–C–C–N with tert-alkyl or cyclic N) is 1. The molecule has 2 atom stereocenters. The molecular weight excluding hydrogens is 132 g/mol. The van der Waals surface area contributed by atoms with Crippen molar-refractivity contribution in [3.63, 3.8) is 0 Å². The molecule has 10 heavy (non-hydrogen) atoms. The maximum atomic E-state index is 9.27. The van der Waals surface area contributed by atoms with Crippen molar-refractivity contribution in [3.05, 3.63) is 0 Å². The summed E-state index contributed by atoms with van der Waals surface area (Å²) in [5, 5.41) is 9.27. The summed E-state index contributed by atoms with van der Waals surface area (Å²) in [7, 11) is 1.61. The number of aliphatic hydroxyl groups is 1. The van der Waals surface area contributed by atoms with Crippen LogP contribution in [-0.4, -0.2) is 49.1 Å². The molecule has 3 N–H and O–H groups in total. The van der Waals surface area contributed by atoms with Crippen LogP contribution in [0, 0.1) is 0 Å². The van der Waals surface area contributed by atoms with Gasteiger partial charge in [0, 0.05) is 26.9 Å². The van der Waals surface area contributed by atoms with Crippen molar-refractivity contribution in [3.8, 4) is 0 Å². The number of methoxy groups -OCH3 is 1. The third kappa shape index (κ3) is 1.46. The molecule has 1 rings (SSSR count). The molecular formula is C6H14N2O2. The lowest BCUT2D eigenvalue weighted by Crippen LogP contribution is -2.28. The van der Waals surface area contributed by atoms with E-state index in [1.165, 1.54) is 0 Å². The minimum atomic E-state index is -0.367. The van der Waals surface area contributed by atoms with Crippen molar-refractivity contribution in [1.29, 1.82) is 0 Å². The second kappa shape index (κ2) is 3.30. The van der Waals surface area contributed by atoms with Crippen LogP contribution in [0.25, 0.3) is 0 Å². The molecule has 0 amide bonds. The highest BCUT2D eigenvalue weighted by Gasteiger charge is 2.29. The number of hydrogen-bond acceptors (Lipinski definition) is 4. The van der Waals surface area contributed by atoms with Gasteiger partial charge in [-0.2, -0.15) is 0 Å². The second-order valence-electron chi connectivity index (χ2n) is 2.56. The molecule has 0 radical (unpaired) electrons. The molecule has 0 unspecified atom stereocenters. The van der Waals surface area contributed by atoms with Gasteiger partial charge in [0.1, 0.15) is 0 Å². The van der Waals surface area contributed by atoms with Crippen LogP contribution in [0.1, 0.15) is 0 Å². The molecule has 0 aromatic rings. The van der Waals surface area contributed by atoms with Gasteiger partial charge >= 0.3 is 0 Å². The number of nitrogens with zero attached hydrogens (tertiary/aromatic N) is 1. The van der Waals surface area contributed by atoms with Gasteiger partial charge in [-0.05, 0) is 0 Å². The second-order valence-corrected chi connectivity index (χ2v) is 2.56. The molecule has 1 fully saturated rings. The Bertz CT molecular complexity index is 110. The minimum Gasteiger partial charge on any atom is -0.389 e. The van der Waals surface area contributed by atoms with Gasteiger partial charge in [0.05, 0.1) is 12.2 Å². The van der Waals surface area contributed by atoms with Gasteiger partial charge in [-0.3, -0.25) is 4.90 Å². The summed E-state index contributed by atoms with van der Waals surface area (Å²) >= 11 is 0. The molecule has 4 nitrogen and oxygen atoms in total. The topological polar surface area (TPSA) is 58.7 Å². The van der Waals surface area contributed by atoms with Gasteiger partial charge in [0.25, 0.3) is 0 Å². The molecule has 1 saturated heterocycles. The van der Waals surface area contributed by atoms with Crippen LogP contribution in [0.5, 0.6) is 0 Å². The van der Waals surface area contributed by atoms with Crippen LogP contribution in [0.3, 0.4) is 0 Å². The molecule has 1 heterocycles. The lowest BCUT2D eigenvalue weighted by Gasteiger charge is -2.10. The normalized spacial score (nSPS) is 35.1. The molecule has 1 aliphatic heterocycles. The van der Waals surface area contributed by atoms with Crippen molar-refractivity contribution in [2.45, 2.75) is 12.2 Å². The Kier molecular flexibility index (Phi) is 2.62. The van der Waals surface area contributed by atoms with Crippen LogP contribution in [0.4, 0.5) is 0 Å². The number of hydrogen-bond donors (Lipinski definition) is 2. The average molecular weight is 146 g/mol. The monoisotopic (exact) mass is 146 g/mol. The summed E-state index contributed by atoms with van der Waals surface area (Å²) in [5.74, 6) is 0. The number of likely N-dealkylation sites (tertiary alicyclic amines) is 1. The Morgan fingerprint density at radius 1 is 1.70 bits per heavy atom. The van der Waals surface area contributed by atoms with Crippen LogP contribution in [-0.2, 0) is 4.74 Å². The third-order valence-electron chi connectivity index (χ3n) is 1.87. The van der Waals surface area contributed by atoms with Crippen LogP contribution < -0.4 is 5.73 Å². The molecule has 1 aliphatic rings. The van der Waals surface area contributed by atoms with Crippen LogP contribution in [0.2, 0.25) is 0 Å². The highest BCUT2D eigenvalue weighted by molar-refractivity contribution is 4.83. The van der Waals surface area contributed by atoms with Crippen molar-refractivity contribution in [1.82, 2.24) is 4.90 Å². The molecule has 0 aromatic carbocycles. The largest absolute Gasteiger partial charge is 0.389 e. The Hall–Kier alpha value is -0.160. The van der Waals surface area contributed by atoms with Gasteiger partial charge < -0.3 is 15.6 Å². The van der Waals surface area contributed by atoms with E-state index in [-0.39, 0.29) is 12.2 Å². The summed E-state index contributed by atoms with van der Waals surface area (Å²) in [6.07, 6.45) is -0.419. The molecule has 60 valence electrons. The van der Waals surface area contributed by atoms with Gasteiger partial charge in [-0.1, -0.05) is 0 Å². The van der Waals surface area contributed by atoms with Gasteiger partial charge in [0.2, 0.25) is 0 Å². The number of aliphatic hydroxyl groups excluding tert-OH is 1. The predicted molar refractivity (Wildman–Crippen MR) is 37.4 cm³/mol. The summed E-state index contributed by atoms with van der Waals surface area (Å²) < 4.78 is 5.01. The Labute approximate surface area is 60.6 Å². The predicted octanol–water partition coefficient (Wildman–Crippen LogP) is -1.41. The fourth-order valence-electron chi connectivity index (χ4n) is 1.21. The van der Waals surface area contributed by atoms with Crippen molar-refractivity contribution < 1.29 is 9.84 Å². The van der Waals surface area contributed by atoms with E-state index in [9.17, 15) is 5.11 Å². The highest BCUT2D eigenvalue weighted by atomic mass is 16.5. The number of rotatable bonds is 2. The summed E-state index contributed by atoms with van der Waals surface area (Å²) in [4.78, 5) is 1.96. The van der Waals surface area contributed by atoms with E-state index in [1.54, 1.807) is 7.11 Å². The number of ether oxygens (including phenoxy) is 1. The van der Waals surface area contributed by atoms with Crippen molar-refractivity contribution in [2.75, 3.05) is 26.9 Å². The van der Waals surface area contributed by atoms with Gasteiger partial charge in [0.15, 0.2) is 0 Å². The Morgan fingerprint density at radius 2 is 2.40 bits per heavy atom. The van der Waals surface area contributed by atoms with E-state index < -0.39 is 0 Å². The summed E-state index contributed by atoms with van der Waals surface area (Å²) in [5.41, 5.74) is 5.37. The average Bonchev–Trinajstić information content (AvgIpc) is 2.30. The quantitative estimate of drug-likeness (QED) is 0.503. The molecule has 0 aromatic heterocycles. The SMILES string of the molecule is CO[C@@H]1CN(CN)C[C@@H]1O. The number of nitrogens with two attached hydrogens (primary N) is 1. The molecule has 0 spiro atoms. The summed E-state index contributed by atoms with van der Waals surface area (Å²) in [6, 6.07) is 0. The maximum Gasteiger partial charge on any atom is 0.0969 e. The van der Waals surface area contributed by atoms with E-state index in [4.69, 9.17) is 10.5 Å². The van der Waals surface area contributed by atoms with Gasteiger partial charge in [-0.25, -0.2) is 0 Å². The fourth-order valence-corrected chi connectivity index (χ4v) is 1.21. The first kappa shape index (κ1) is 7.94. The Balaban J connectivity index is 2.36.